The zero-order valence-corrected chi connectivity index (χ0v) is 16.0. The molecule has 0 unspecified atom stereocenters. The molecule has 4 aromatic rings. The maximum absolute atomic E-state index is 12.9. The Labute approximate surface area is 161 Å². The summed E-state index contributed by atoms with van der Waals surface area (Å²) in [5.41, 5.74) is 8.96. The van der Waals surface area contributed by atoms with Crippen molar-refractivity contribution < 1.29 is 0 Å². The van der Waals surface area contributed by atoms with Gasteiger partial charge in [-0.15, -0.1) is 0 Å². The van der Waals surface area contributed by atoms with E-state index in [1.54, 1.807) is 10.8 Å². The lowest BCUT2D eigenvalue weighted by Gasteiger charge is -2.04. The predicted molar refractivity (Wildman–Crippen MR) is 110 cm³/mol. The van der Waals surface area contributed by atoms with Gasteiger partial charge in [0, 0.05) is 24.0 Å². The Hall–Kier alpha value is -2.73. The largest absolute Gasteiger partial charge is 0.397 e. The quantitative estimate of drug-likeness (QED) is 0.490. The third kappa shape index (κ3) is 3.10. The summed E-state index contributed by atoms with van der Waals surface area (Å²) in [4.78, 5) is 17.6. The molecule has 3 N–H and O–H groups in total. The van der Waals surface area contributed by atoms with Gasteiger partial charge in [0.2, 0.25) is 0 Å². The number of nitrogens with two attached hydrogens (primary N) is 1. The van der Waals surface area contributed by atoms with Gasteiger partial charge in [0.1, 0.15) is 0 Å². The summed E-state index contributed by atoms with van der Waals surface area (Å²) in [6.07, 6.45) is 6.97. The minimum absolute atomic E-state index is 0.143. The third-order valence-electron chi connectivity index (χ3n) is 4.94. The fraction of sp³-hybridized carbons (Fsp3) is 0.300. The fourth-order valence-corrected chi connectivity index (χ4v) is 3.66. The van der Waals surface area contributed by atoms with Crippen LogP contribution in [0.25, 0.3) is 21.9 Å². The van der Waals surface area contributed by atoms with Crippen LogP contribution in [0.2, 0.25) is 5.02 Å². The molecule has 0 spiro atoms. The fourth-order valence-electron chi connectivity index (χ4n) is 3.46. The molecule has 6 nitrogen and oxygen atoms in total. The van der Waals surface area contributed by atoms with Gasteiger partial charge in [0.05, 0.1) is 28.5 Å². The van der Waals surface area contributed by atoms with E-state index in [9.17, 15) is 4.79 Å². The van der Waals surface area contributed by atoms with Crippen molar-refractivity contribution in [3.8, 4) is 0 Å². The Bertz CT molecular complexity index is 1170. The van der Waals surface area contributed by atoms with Crippen LogP contribution in [0, 0.1) is 0 Å². The number of unbranched alkanes of at least 4 members (excludes halogenated alkanes) is 2. The van der Waals surface area contributed by atoms with Crippen molar-refractivity contribution in [2.75, 3.05) is 5.73 Å². The van der Waals surface area contributed by atoms with Gasteiger partial charge in [-0.1, -0.05) is 49.6 Å². The average Bonchev–Trinajstić information content (AvgIpc) is 3.20. The van der Waals surface area contributed by atoms with E-state index >= 15 is 0 Å². The van der Waals surface area contributed by atoms with E-state index in [1.807, 2.05) is 35.1 Å². The molecule has 3 heterocycles. The van der Waals surface area contributed by atoms with Crippen molar-refractivity contribution in [1.82, 2.24) is 19.3 Å². The van der Waals surface area contributed by atoms with Crippen molar-refractivity contribution in [3.05, 3.63) is 57.6 Å². The minimum atomic E-state index is -0.143. The van der Waals surface area contributed by atoms with Crippen molar-refractivity contribution >= 4 is 39.2 Å². The SMILES string of the molecule is CCCCCn1[nH]cc2c(N)c3c(=O)n(Cc4ccccc4Cl)cc3nc21. The summed E-state index contributed by atoms with van der Waals surface area (Å²) in [5, 5.41) is 5.09. The van der Waals surface area contributed by atoms with Crippen molar-refractivity contribution in [3.63, 3.8) is 0 Å². The molecule has 0 amide bonds. The number of pyridine rings is 1. The zero-order valence-electron chi connectivity index (χ0n) is 15.2. The van der Waals surface area contributed by atoms with Crippen molar-refractivity contribution in [2.24, 2.45) is 0 Å². The van der Waals surface area contributed by atoms with Gasteiger partial charge in [-0.2, -0.15) is 0 Å². The number of fused-ring (bicyclic) bond motifs is 2. The normalized spacial score (nSPS) is 11.6. The lowest BCUT2D eigenvalue weighted by Crippen LogP contribution is -2.16. The summed E-state index contributed by atoms with van der Waals surface area (Å²) in [6, 6.07) is 7.51. The highest BCUT2D eigenvalue weighted by Crippen LogP contribution is 2.27. The van der Waals surface area contributed by atoms with Crippen LogP contribution in [-0.4, -0.2) is 19.3 Å². The van der Waals surface area contributed by atoms with Crippen LogP contribution in [0.1, 0.15) is 31.7 Å². The number of hydrogen-bond acceptors (Lipinski definition) is 3. The highest BCUT2D eigenvalue weighted by molar-refractivity contribution is 6.31. The molecule has 0 fully saturated rings. The number of H-pyrrole nitrogens is 1. The predicted octanol–water partition coefficient (Wildman–Crippen LogP) is 4.15. The molecule has 0 aliphatic heterocycles. The van der Waals surface area contributed by atoms with Gasteiger partial charge in [0.25, 0.3) is 5.56 Å². The number of benzene rings is 1. The molecule has 0 aliphatic rings. The number of nitrogen functional groups attached to an aromatic ring is 1. The summed E-state index contributed by atoms with van der Waals surface area (Å²) in [7, 11) is 0. The molecule has 0 radical (unpaired) electrons. The third-order valence-corrected chi connectivity index (χ3v) is 5.31. The van der Waals surface area contributed by atoms with E-state index in [0.29, 0.717) is 28.2 Å². The molecule has 1 aromatic carbocycles. The topological polar surface area (TPSA) is 81.6 Å². The van der Waals surface area contributed by atoms with E-state index in [2.05, 4.69) is 12.0 Å². The van der Waals surface area contributed by atoms with Crippen LogP contribution < -0.4 is 11.3 Å². The van der Waals surface area contributed by atoms with Gasteiger partial charge in [0.15, 0.2) is 5.65 Å². The van der Waals surface area contributed by atoms with Crippen molar-refractivity contribution in [2.45, 2.75) is 39.3 Å². The molecule has 0 saturated carbocycles. The summed E-state index contributed by atoms with van der Waals surface area (Å²) < 4.78 is 3.62. The minimum Gasteiger partial charge on any atom is -0.397 e. The summed E-state index contributed by atoms with van der Waals surface area (Å²) in [6.45, 7) is 3.41. The molecule has 0 atom stereocenters. The number of rotatable bonds is 6. The molecular formula is C20H22ClN5O. The van der Waals surface area contributed by atoms with Gasteiger partial charge < -0.3 is 15.4 Å². The van der Waals surface area contributed by atoms with E-state index in [1.165, 1.54) is 0 Å². The van der Waals surface area contributed by atoms with Gasteiger partial charge in [-0.25, -0.2) is 4.98 Å². The number of nitrogens with one attached hydrogen (secondary N) is 1. The molecule has 3 aromatic heterocycles. The average molecular weight is 384 g/mol. The number of halogens is 1. The Morgan fingerprint density at radius 1 is 1.26 bits per heavy atom. The molecular weight excluding hydrogens is 362 g/mol. The first-order valence-electron chi connectivity index (χ1n) is 9.19. The standard InChI is InChI=1S/C20H22ClN5O/c1-2-3-6-9-26-19-14(10-23-26)18(22)17-16(24-19)12-25(20(17)27)11-13-7-4-5-8-15(13)21/h4-5,7-8,10,12,23H,2-3,6,9,11,22H2,1H3. The number of aryl methyl sites for hydroxylation is 1. The molecule has 0 aliphatic carbocycles. The number of anilines is 1. The number of hydrogen-bond donors (Lipinski definition) is 2. The first-order chi connectivity index (χ1) is 13.1. The lowest BCUT2D eigenvalue weighted by atomic mass is 10.2. The summed E-state index contributed by atoms with van der Waals surface area (Å²) >= 11 is 6.24. The monoisotopic (exact) mass is 383 g/mol. The Morgan fingerprint density at radius 3 is 2.85 bits per heavy atom. The highest BCUT2D eigenvalue weighted by Gasteiger charge is 2.17. The van der Waals surface area contributed by atoms with Gasteiger partial charge in [-0.3, -0.25) is 9.48 Å². The highest BCUT2D eigenvalue weighted by atomic mass is 35.5. The second-order valence-electron chi connectivity index (χ2n) is 6.81. The molecule has 0 saturated heterocycles. The van der Waals surface area contributed by atoms with Gasteiger partial charge in [-0.05, 0) is 18.1 Å². The van der Waals surface area contributed by atoms with Crippen LogP contribution >= 0.6 is 11.6 Å². The first kappa shape index (κ1) is 17.7. The first-order valence-corrected chi connectivity index (χ1v) is 9.57. The number of aromatic nitrogens is 4. The molecule has 4 rings (SSSR count). The van der Waals surface area contributed by atoms with E-state index < -0.39 is 0 Å². The second-order valence-corrected chi connectivity index (χ2v) is 7.22. The van der Waals surface area contributed by atoms with Crippen LogP contribution in [-0.2, 0) is 13.1 Å². The van der Waals surface area contributed by atoms with Crippen LogP contribution in [0.15, 0.2) is 41.5 Å². The molecule has 7 heteroatoms. The van der Waals surface area contributed by atoms with Gasteiger partial charge >= 0.3 is 0 Å². The maximum Gasteiger partial charge on any atom is 0.262 e. The smallest absolute Gasteiger partial charge is 0.262 e. The maximum atomic E-state index is 12.9. The van der Waals surface area contributed by atoms with E-state index in [-0.39, 0.29) is 5.56 Å². The second kappa shape index (κ2) is 7.12. The van der Waals surface area contributed by atoms with E-state index in [4.69, 9.17) is 22.3 Å². The molecule has 0 bridgehead atoms. The Morgan fingerprint density at radius 2 is 2.07 bits per heavy atom. The summed E-state index contributed by atoms with van der Waals surface area (Å²) in [5.74, 6) is 0. The van der Waals surface area contributed by atoms with Crippen LogP contribution in [0.5, 0.6) is 0 Å². The van der Waals surface area contributed by atoms with Crippen LogP contribution in [0.4, 0.5) is 5.69 Å². The molecule has 140 valence electrons. The van der Waals surface area contributed by atoms with Crippen molar-refractivity contribution in [1.29, 1.82) is 0 Å². The van der Waals surface area contributed by atoms with E-state index in [0.717, 1.165) is 42.4 Å². The van der Waals surface area contributed by atoms with Crippen LogP contribution in [0.3, 0.4) is 0 Å². The zero-order chi connectivity index (χ0) is 19.0. The molecule has 27 heavy (non-hydrogen) atoms. The number of aromatic amines is 1. The Kier molecular flexibility index (Phi) is 4.66. The number of nitrogens with zero attached hydrogens (tertiary/aromatic N) is 3. The Balaban J connectivity index is 1.79. The lowest BCUT2D eigenvalue weighted by molar-refractivity contribution is 0.564.